The van der Waals surface area contributed by atoms with Crippen LogP contribution in [0.3, 0.4) is 0 Å². The smallest absolute Gasteiger partial charge is 0.164 e. The highest BCUT2D eigenvalue weighted by Gasteiger charge is 2.21. The highest BCUT2D eigenvalue weighted by atomic mass is 15.0. The second-order valence-corrected chi connectivity index (χ2v) is 18.4. The van der Waals surface area contributed by atoms with E-state index in [0.717, 1.165) is 92.6 Å². The molecule has 0 saturated heterocycles. The Balaban J connectivity index is 1.15. The highest BCUT2D eigenvalue weighted by molar-refractivity contribution is 6.26. The Bertz CT molecular complexity index is 4690. The van der Waals surface area contributed by atoms with Gasteiger partial charge in [0.1, 0.15) is 0 Å². The van der Waals surface area contributed by atoms with Crippen LogP contribution >= 0.6 is 0 Å². The number of para-hydroxylation sites is 2. The largest absolute Gasteiger partial charge is 0.309 e. The fourth-order valence-corrected chi connectivity index (χ4v) is 11.2. The monoisotopic (exact) mass is 889 g/mol. The van der Waals surface area contributed by atoms with E-state index < -0.39 is 0 Å². The van der Waals surface area contributed by atoms with Gasteiger partial charge in [-0.3, -0.25) is 0 Å². The Hall–Kier alpha value is -9.45. The zero-order valence-corrected chi connectivity index (χ0v) is 37.8. The van der Waals surface area contributed by atoms with Crippen molar-refractivity contribution in [3.63, 3.8) is 0 Å². The Morgan fingerprint density at radius 2 is 0.729 bits per heavy atom. The maximum absolute atomic E-state index is 5.45. The summed E-state index contributed by atoms with van der Waals surface area (Å²) in [6.07, 6.45) is 0. The number of aromatic nitrogens is 5. The van der Waals surface area contributed by atoms with E-state index in [0.29, 0.717) is 17.1 Å². The molecule has 0 atom stereocenters. The number of nitrogens with zero attached hydrogens (tertiary/aromatic N) is 5. The molecule has 0 unspecified atom stereocenters. The first-order chi connectivity index (χ1) is 34.7. The van der Waals surface area contributed by atoms with E-state index in [1.807, 2.05) is 18.2 Å². The molecule has 324 valence electrons. The quantitative estimate of drug-likeness (QED) is 0.177. The Morgan fingerprint density at radius 3 is 1.41 bits per heavy atom. The topological polar surface area (TPSA) is 48.5 Å². The van der Waals surface area contributed by atoms with Crippen molar-refractivity contribution in [1.82, 2.24) is 24.1 Å². The van der Waals surface area contributed by atoms with Crippen LogP contribution in [0.2, 0.25) is 0 Å². The Morgan fingerprint density at radius 1 is 0.243 bits per heavy atom. The average Bonchev–Trinajstić information content (AvgIpc) is 3.94. The molecule has 5 heteroatoms. The van der Waals surface area contributed by atoms with E-state index in [4.69, 9.17) is 15.0 Å². The molecule has 0 N–H and O–H groups in total. The maximum atomic E-state index is 5.45. The van der Waals surface area contributed by atoms with Gasteiger partial charge in [-0.1, -0.05) is 164 Å². The van der Waals surface area contributed by atoms with Crippen LogP contribution < -0.4 is 0 Å². The van der Waals surface area contributed by atoms with Gasteiger partial charge in [-0.2, -0.15) is 0 Å². The molecule has 0 fully saturated rings. The lowest BCUT2D eigenvalue weighted by Gasteiger charge is -2.13. The molecular weight excluding hydrogens is 851 g/mol. The third kappa shape index (κ3) is 5.88. The van der Waals surface area contributed by atoms with Crippen LogP contribution in [-0.2, 0) is 0 Å². The summed E-state index contributed by atoms with van der Waals surface area (Å²) in [5.41, 5.74) is 11.3. The summed E-state index contributed by atoms with van der Waals surface area (Å²) < 4.78 is 4.93. The standard InChI is InChI=1S/C65H39N5/c1-4-16-40(17-5-1)46-28-30-51-50-26-14-15-27-59(50)69(60(51)38-46)49-29-31-52-55-36-47-37-56(62(55)70(61(52)39-49)48-24-8-3-9-25-48)54-33-43-21-11-13-23-45(43)35-58(54)65-67-63(41-18-6-2-7-19-41)66-64(68-65)57-34-44-22-12-10-20-42(44)32-53(47)57/h1-39H. The molecule has 0 amide bonds. The molecule has 5 nitrogen and oxygen atoms in total. The molecule has 4 bridgehead atoms. The number of rotatable bonds is 4. The van der Waals surface area contributed by atoms with E-state index in [1.54, 1.807) is 0 Å². The fraction of sp³-hybridized carbons (Fsp3) is 0. The van der Waals surface area contributed by atoms with Crippen molar-refractivity contribution < 1.29 is 0 Å². The Labute approximate surface area is 401 Å². The molecule has 0 radical (unpaired) electrons. The average molecular weight is 890 g/mol. The molecule has 70 heavy (non-hydrogen) atoms. The number of fused-ring (bicyclic) bond motifs is 19. The van der Waals surface area contributed by atoms with Crippen LogP contribution in [-0.4, -0.2) is 24.1 Å². The predicted molar refractivity (Wildman–Crippen MR) is 293 cm³/mol. The lowest BCUT2D eigenvalue weighted by atomic mass is 9.97. The second-order valence-electron chi connectivity index (χ2n) is 18.4. The summed E-state index contributed by atoms with van der Waals surface area (Å²) in [7, 11) is 0. The molecule has 15 aromatic rings. The fourth-order valence-electron chi connectivity index (χ4n) is 11.2. The van der Waals surface area contributed by atoms with Gasteiger partial charge in [-0.05, 0) is 122 Å². The van der Waals surface area contributed by atoms with Gasteiger partial charge in [0.2, 0.25) is 0 Å². The van der Waals surface area contributed by atoms with Gasteiger partial charge in [0, 0.05) is 54.6 Å². The van der Waals surface area contributed by atoms with Crippen LogP contribution in [0.1, 0.15) is 0 Å². The van der Waals surface area contributed by atoms with E-state index >= 15 is 0 Å². The van der Waals surface area contributed by atoms with Crippen molar-refractivity contribution >= 4 is 109 Å². The van der Waals surface area contributed by atoms with Crippen molar-refractivity contribution in [3.05, 3.63) is 237 Å². The number of benzene rings is 11. The molecule has 0 aliphatic rings. The van der Waals surface area contributed by atoms with Crippen LogP contribution in [0, 0.1) is 0 Å². The summed E-state index contributed by atoms with van der Waals surface area (Å²) in [6, 6.07) is 85.8. The van der Waals surface area contributed by atoms with E-state index in [-0.39, 0.29) is 0 Å². The lowest BCUT2D eigenvalue weighted by Crippen LogP contribution is -1.97. The third-order valence-electron chi connectivity index (χ3n) is 14.4. The molecule has 0 aliphatic carbocycles. The second kappa shape index (κ2) is 15.0. The summed E-state index contributed by atoms with van der Waals surface area (Å²) in [5.74, 6) is 0.639. The summed E-state index contributed by atoms with van der Waals surface area (Å²) >= 11 is 0. The number of hydrogen-bond acceptors (Lipinski definition) is 3. The minimum absolute atomic E-state index is 0.634. The van der Waals surface area contributed by atoms with Gasteiger partial charge in [0.15, 0.2) is 17.1 Å². The van der Waals surface area contributed by atoms with E-state index in [9.17, 15) is 0 Å². The van der Waals surface area contributed by atoms with Gasteiger partial charge in [0.05, 0.1) is 22.1 Å². The van der Waals surface area contributed by atoms with Crippen molar-refractivity contribution in [2.24, 2.45) is 0 Å². The molecule has 15 rings (SSSR count). The van der Waals surface area contributed by atoms with Gasteiger partial charge in [-0.15, -0.1) is 0 Å². The zero-order chi connectivity index (χ0) is 45.9. The first-order valence-electron chi connectivity index (χ1n) is 23.8. The van der Waals surface area contributed by atoms with E-state index in [1.165, 1.54) is 32.9 Å². The van der Waals surface area contributed by atoms with Crippen LogP contribution in [0.15, 0.2) is 237 Å². The summed E-state index contributed by atoms with van der Waals surface area (Å²) in [5, 5.41) is 15.6. The SMILES string of the molecule is c1ccc(-c2ccc3c4ccccc4n(-c4ccc5c6cc7cc(c8cc9ccccc9cc8c8nc(-c9ccccc9)nc(n8)c8cc9ccccc9cc78)c6n(-c6ccccc6)c5c4)c3c2)cc1. The normalized spacial score (nSPS) is 12.0. The molecular formula is C65H39N5. The minimum atomic E-state index is 0.634. The van der Waals surface area contributed by atoms with Crippen LogP contribution in [0.4, 0.5) is 0 Å². The highest BCUT2D eigenvalue weighted by Crippen LogP contribution is 2.43. The third-order valence-corrected chi connectivity index (χ3v) is 14.4. The minimum Gasteiger partial charge on any atom is -0.309 e. The van der Waals surface area contributed by atoms with Crippen molar-refractivity contribution in [2.75, 3.05) is 0 Å². The molecule has 0 saturated carbocycles. The van der Waals surface area contributed by atoms with Gasteiger partial charge < -0.3 is 9.13 Å². The van der Waals surface area contributed by atoms with Crippen LogP contribution in [0.25, 0.3) is 143 Å². The molecule has 0 aliphatic heterocycles. The lowest BCUT2D eigenvalue weighted by molar-refractivity contribution is 1.16. The molecule has 4 heterocycles. The predicted octanol–water partition coefficient (Wildman–Crippen LogP) is 16.9. The van der Waals surface area contributed by atoms with E-state index in [2.05, 4.69) is 228 Å². The van der Waals surface area contributed by atoms with Gasteiger partial charge >= 0.3 is 0 Å². The maximum Gasteiger partial charge on any atom is 0.164 e. The van der Waals surface area contributed by atoms with Gasteiger partial charge in [-0.25, -0.2) is 15.0 Å². The van der Waals surface area contributed by atoms with Crippen molar-refractivity contribution in [1.29, 1.82) is 0 Å². The molecule has 11 aromatic carbocycles. The summed E-state index contributed by atoms with van der Waals surface area (Å²) in [6.45, 7) is 0. The van der Waals surface area contributed by atoms with Gasteiger partial charge in [0.25, 0.3) is 0 Å². The number of hydrogen-bond donors (Lipinski definition) is 0. The zero-order valence-electron chi connectivity index (χ0n) is 37.8. The molecule has 0 spiro atoms. The Kier molecular flexibility index (Phi) is 8.29. The summed E-state index contributed by atoms with van der Waals surface area (Å²) in [4.78, 5) is 16.1. The van der Waals surface area contributed by atoms with Crippen LogP contribution in [0.5, 0.6) is 0 Å². The first kappa shape index (κ1) is 38.6. The first-order valence-corrected chi connectivity index (χ1v) is 23.8. The molecule has 4 aromatic heterocycles. The van der Waals surface area contributed by atoms with Crippen molar-refractivity contribution in [2.45, 2.75) is 0 Å². The van der Waals surface area contributed by atoms with Crippen molar-refractivity contribution in [3.8, 4) is 33.9 Å².